The highest BCUT2D eigenvalue weighted by atomic mass is 14.7. The van der Waals surface area contributed by atoms with Gasteiger partial charge in [-0.15, -0.1) is 0 Å². The zero-order chi connectivity index (χ0) is 13.5. The van der Waals surface area contributed by atoms with Crippen molar-refractivity contribution in [1.29, 1.82) is 0 Å². The number of para-hydroxylation sites is 1. The molecule has 0 fully saturated rings. The smallest absolute Gasteiger partial charge is 0.0694 e. The molecule has 0 saturated heterocycles. The summed E-state index contributed by atoms with van der Waals surface area (Å²) < 4.78 is 0. The summed E-state index contributed by atoms with van der Waals surface area (Å²) >= 11 is 0. The topological polar surface area (TPSA) is 12.4 Å². The van der Waals surface area contributed by atoms with Crippen LogP contribution >= 0.6 is 0 Å². The van der Waals surface area contributed by atoms with E-state index in [1.54, 1.807) is 0 Å². The average molecular weight is 245 g/mol. The van der Waals surface area contributed by atoms with Crippen LogP contribution in [0.25, 0.3) is 0 Å². The van der Waals surface area contributed by atoms with Crippen LogP contribution in [0.4, 0.5) is 5.69 Å². The lowest BCUT2D eigenvalue weighted by Crippen LogP contribution is -1.95. The Labute approximate surface area is 112 Å². The van der Waals surface area contributed by atoms with Gasteiger partial charge in [-0.25, -0.2) is 0 Å². The van der Waals surface area contributed by atoms with Gasteiger partial charge in [0.2, 0.25) is 0 Å². The van der Waals surface area contributed by atoms with E-state index >= 15 is 0 Å². The summed E-state index contributed by atoms with van der Waals surface area (Å²) in [7, 11) is 0. The molecule has 0 heterocycles. The van der Waals surface area contributed by atoms with Gasteiger partial charge in [-0.05, 0) is 35.8 Å². The number of hydrogen-bond acceptors (Lipinski definition) is 1. The first-order valence-electron chi connectivity index (χ1n) is 7.23. The van der Waals surface area contributed by atoms with Gasteiger partial charge in [0.1, 0.15) is 0 Å². The molecule has 0 bridgehead atoms. The largest absolute Gasteiger partial charge is 0.261 e. The molecule has 1 heteroatoms. The molecule has 0 aliphatic rings. The van der Waals surface area contributed by atoms with Crippen molar-refractivity contribution in [3.63, 3.8) is 0 Å². The molecular formula is C17H27N. The molecule has 0 aliphatic carbocycles. The molecule has 1 aromatic rings. The lowest BCUT2D eigenvalue weighted by atomic mass is 9.93. The molecule has 1 aromatic carbocycles. The minimum absolute atomic E-state index is 0.530. The minimum atomic E-state index is 0.530. The van der Waals surface area contributed by atoms with Crippen LogP contribution in [0.15, 0.2) is 23.2 Å². The first-order valence-corrected chi connectivity index (χ1v) is 7.23. The highest BCUT2D eigenvalue weighted by molar-refractivity contribution is 5.67. The predicted octanol–water partition coefficient (Wildman–Crippen LogP) is 5.83. The summed E-state index contributed by atoms with van der Waals surface area (Å²) in [5.74, 6) is 1.06. The first-order chi connectivity index (χ1) is 8.57. The van der Waals surface area contributed by atoms with Gasteiger partial charge >= 0.3 is 0 Å². The molecule has 0 radical (unpaired) electrons. The lowest BCUT2D eigenvalue weighted by Gasteiger charge is -2.16. The van der Waals surface area contributed by atoms with E-state index in [2.05, 4.69) is 59.0 Å². The molecule has 0 atom stereocenters. The summed E-state index contributed by atoms with van der Waals surface area (Å²) in [6.07, 6.45) is 5.64. The Bertz CT molecular complexity index is 362. The SMILES string of the molecule is CCCCC=Nc1c(C(C)C)cccc1C(C)C. The molecule has 0 aliphatic heterocycles. The highest BCUT2D eigenvalue weighted by Gasteiger charge is 2.12. The van der Waals surface area contributed by atoms with Gasteiger partial charge in [0, 0.05) is 6.21 Å². The maximum Gasteiger partial charge on any atom is 0.0694 e. The van der Waals surface area contributed by atoms with Crippen molar-refractivity contribution in [1.82, 2.24) is 0 Å². The maximum atomic E-state index is 4.76. The maximum absolute atomic E-state index is 4.76. The van der Waals surface area contributed by atoms with E-state index in [4.69, 9.17) is 4.99 Å². The molecule has 1 nitrogen and oxygen atoms in total. The molecule has 0 unspecified atom stereocenters. The quantitative estimate of drug-likeness (QED) is 0.442. The second-order valence-corrected chi connectivity index (χ2v) is 5.55. The molecule has 0 aromatic heterocycles. The summed E-state index contributed by atoms with van der Waals surface area (Å²) in [5, 5.41) is 0. The van der Waals surface area contributed by atoms with Crippen molar-refractivity contribution < 1.29 is 0 Å². The van der Waals surface area contributed by atoms with Gasteiger partial charge in [-0.3, -0.25) is 4.99 Å². The Morgan fingerprint density at radius 1 is 1.06 bits per heavy atom. The van der Waals surface area contributed by atoms with Crippen LogP contribution in [0.1, 0.15) is 76.8 Å². The van der Waals surface area contributed by atoms with E-state index in [0.29, 0.717) is 11.8 Å². The third-order valence-corrected chi connectivity index (χ3v) is 3.25. The Balaban J connectivity index is 3.07. The first kappa shape index (κ1) is 14.9. The Morgan fingerprint density at radius 2 is 1.61 bits per heavy atom. The van der Waals surface area contributed by atoms with Crippen molar-refractivity contribution in [2.45, 2.75) is 65.7 Å². The lowest BCUT2D eigenvalue weighted by molar-refractivity contribution is 0.830. The van der Waals surface area contributed by atoms with Crippen LogP contribution in [0.5, 0.6) is 0 Å². The summed E-state index contributed by atoms with van der Waals surface area (Å²) in [4.78, 5) is 4.76. The molecule has 1 rings (SSSR count). The highest BCUT2D eigenvalue weighted by Crippen LogP contribution is 2.34. The Hall–Kier alpha value is -1.11. The third kappa shape index (κ3) is 3.97. The fourth-order valence-electron chi connectivity index (χ4n) is 2.11. The van der Waals surface area contributed by atoms with Gasteiger partial charge in [0.25, 0.3) is 0 Å². The van der Waals surface area contributed by atoms with Gasteiger partial charge in [0.05, 0.1) is 5.69 Å². The Morgan fingerprint density at radius 3 is 2.06 bits per heavy atom. The molecule has 0 saturated carbocycles. The minimum Gasteiger partial charge on any atom is -0.261 e. The standard InChI is InChI=1S/C17H27N/c1-6-7-8-12-18-17-15(13(2)3)10-9-11-16(17)14(4)5/h9-14H,6-8H2,1-5H3. The van der Waals surface area contributed by atoms with Crippen LogP contribution in [0, 0.1) is 0 Å². The van der Waals surface area contributed by atoms with Gasteiger partial charge in [-0.1, -0.05) is 59.2 Å². The van der Waals surface area contributed by atoms with E-state index in [9.17, 15) is 0 Å². The summed E-state index contributed by atoms with van der Waals surface area (Å²) in [5.41, 5.74) is 3.95. The van der Waals surface area contributed by atoms with Crippen LogP contribution < -0.4 is 0 Å². The fraction of sp³-hybridized carbons (Fsp3) is 0.588. The van der Waals surface area contributed by atoms with E-state index < -0.39 is 0 Å². The summed E-state index contributed by atoms with van der Waals surface area (Å²) in [6, 6.07) is 6.59. The van der Waals surface area contributed by atoms with Crippen molar-refractivity contribution in [2.24, 2.45) is 4.99 Å². The molecule has 18 heavy (non-hydrogen) atoms. The van der Waals surface area contributed by atoms with Crippen molar-refractivity contribution in [3.05, 3.63) is 29.3 Å². The van der Waals surface area contributed by atoms with Gasteiger partial charge in [0.15, 0.2) is 0 Å². The number of benzene rings is 1. The van der Waals surface area contributed by atoms with Crippen molar-refractivity contribution in [3.8, 4) is 0 Å². The van der Waals surface area contributed by atoms with Crippen molar-refractivity contribution in [2.75, 3.05) is 0 Å². The van der Waals surface area contributed by atoms with Crippen molar-refractivity contribution >= 4 is 11.9 Å². The van der Waals surface area contributed by atoms with Crippen LogP contribution in [-0.2, 0) is 0 Å². The second-order valence-electron chi connectivity index (χ2n) is 5.55. The van der Waals surface area contributed by atoms with Crippen LogP contribution in [0.3, 0.4) is 0 Å². The van der Waals surface area contributed by atoms with E-state index in [1.807, 2.05) is 0 Å². The van der Waals surface area contributed by atoms with Crippen LogP contribution in [0.2, 0.25) is 0 Å². The normalized spacial score (nSPS) is 11.9. The van der Waals surface area contributed by atoms with Gasteiger partial charge < -0.3 is 0 Å². The summed E-state index contributed by atoms with van der Waals surface area (Å²) in [6.45, 7) is 11.2. The zero-order valence-electron chi connectivity index (χ0n) is 12.5. The van der Waals surface area contributed by atoms with E-state index in [-0.39, 0.29) is 0 Å². The Kier molecular flexibility index (Phi) is 6.11. The number of rotatable bonds is 6. The van der Waals surface area contributed by atoms with E-state index in [0.717, 1.165) is 6.42 Å². The monoisotopic (exact) mass is 245 g/mol. The van der Waals surface area contributed by atoms with Crippen LogP contribution in [-0.4, -0.2) is 6.21 Å². The van der Waals surface area contributed by atoms with E-state index in [1.165, 1.54) is 29.7 Å². The molecule has 100 valence electrons. The molecular weight excluding hydrogens is 218 g/mol. The number of aliphatic imine (C=N–C) groups is 1. The average Bonchev–Trinajstić information content (AvgIpc) is 2.34. The zero-order valence-corrected chi connectivity index (χ0v) is 12.5. The number of unbranched alkanes of at least 4 members (excludes halogenated alkanes) is 2. The predicted molar refractivity (Wildman–Crippen MR) is 82.3 cm³/mol. The molecule has 0 spiro atoms. The molecule has 0 N–H and O–H groups in total. The number of nitrogens with zero attached hydrogens (tertiary/aromatic N) is 1. The second kappa shape index (κ2) is 7.35. The fourth-order valence-corrected chi connectivity index (χ4v) is 2.11. The molecule has 0 amide bonds. The van der Waals surface area contributed by atoms with Gasteiger partial charge in [-0.2, -0.15) is 0 Å². The third-order valence-electron chi connectivity index (χ3n) is 3.25. The number of hydrogen-bond donors (Lipinski definition) is 0.